The van der Waals surface area contributed by atoms with Gasteiger partial charge in [0.2, 0.25) is 15.9 Å². The maximum atomic E-state index is 12.8. The largest absolute Gasteiger partial charge is 0.493 e. The molecule has 164 valence electrons. The lowest BCUT2D eigenvalue weighted by Crippen LogP contribution is -2.41. The van der Waals surface area contributed by atoms with E-state index in [2.05, 4.69) is 5.32 Å². The molecular weight excluding hydrogens is 404 g/mol. The Morgan fingerprint density at radius 3 is 2.13 bits per heavy atom. The zero-order valence-electron chi connectivity index (χ0n) is 18.4. The first-order chi connectivity index (χ1) is 14.1. The molecule has 0 saturated heterocycles. The van der Waals surface area contributed by atoms with Crippen LogP contribution in [0.15, 0.2) is 36.4 Å². The molecule has 1 N–H and O–H groups in total. The average molecular weight is 435 g/mol. The van der Waals surface area contributed by atoms with Gasteiger partial charge >= 0.3 is 0 Å². The number of aryl methyl sites for hydroxylation is 2. The van der Waals surface area contributed by atoms with Gasteiger partial charge in [-0.3, -0.25) is 9.10 Å². The highest BCUT2D eigenvalue weighted by Crippen LogP contribution is 2.31. The van der Waals surface area contributed by atoms with E-state index in [1.807, 2.05) is 39.0 Å². The summed E-state index contributed by atoms with van der Waals surface area (Å²) in [5.41, 5.74) is 3.18. The Bertz CT molecular complexity index is 984. The van der Waals surface area contributed by atoms with Gasteiger partial charge in [0, 0.05) is 0 Å². The molecule has 0 fully saturated rings. The van der Waals surface area contributed by atoms with Crippen LogP contribution in [-0.2, 0) is 14.8 Å². The molecule has 0 aliphatic heterocycles. The summed E-state index contributed by atoms with van der Waals surface area (Å²) in [6.45, 7) is 5.42. The van der Waals surface area contributed by atoms with E-state index >= 15 is 0 Å². The summed E-state index contributed by atoms with van der Waals surface area (Å²) in [5.74, 6) is 0.775. The van der Waals surface area contributed by atoms with Crippen molar-refractivity contribution in [2.45, 2.75) is 33.2 Å². The molecule has 1 atom stereocenters. The molecule has 0 aliphatic rings. The Kier molecular flexibility index (Phi) is 7.72. The lowest BCUT2D eigenvalue weighted by molar-refractivity contribution is -0.120. The normalized spacial score (nSPS) is 12.2. The van der Waals surface area contributed by atoms with Crippen molar-refractivity contribution < 1.29 is 22.7 Å². The third-order valence-corrected chi connectivity index (χ3v) is 5.88. The monoisotopic (exact) mass is 434 g/mol. The zero-order valence-corrected chi connectivity index (χ0v) is 19.2. The smallest absolute Gasteiger partial charge is 0.241 e. The number of rotatable bonds is 9. The van der Waals surface area contributed by atoms with Crippen LogP contribution in [-0.4, -0.2) is 41.3 Å². The summed E-state index contributed by atoms with van der Waals surface area (Å²) >= 11 is 0. The van der Waals surface area contributed by atoms with Crippen LogP contribution < -0.4 is 19.1 Å². The molecular formula is C22H30N2O5S. The standard InChI is InChI=1S/C22H30N2O5S/c1-7-19(17-8-9-20(28-4)21(13-17)29-5)23-22(25)14-24(30(6,26)27)18-11-15(2)10-16(3)12-18/h8-13,19H,7,14H2,1-6H3,(H,23,25). The molecule has 0 heterocycles. The lowest BCUT2D eigenvalue weighted by Gasteiger charge is -2.25. The fraction of sp³-hybridized carbons (Fsp3) is 0.409. The van der Waals surface area contributed by atoms with E-state index in [-0.39, 0.29) is 18.5 Å². The lowest BCUT2D eigenvalue weighted by atomic mass is 10.0. The second-order valence-electron chi connectivity index (χ2n) is 7.26. The van der Waals surface area contributed by atoms with Crippen LogP contribution in [0.25, 0.3) is 0 Å². The van der Waals surface area contributed by atoms with E-state index < -0.39 is 10.0 Å². The fourth-order valence-electron chi connectivity index (χ4n) is 3.36. The van der Waals surface area contributed by atoms with Gasteiger partial charge in [-0.25, -0.2) is 8.42 Å². The molecule has 7 nitrogen and oxygen atoms in total. The van der Waals surface area contributed by atoms with Gasteiger partial charge in [0.25, 0.3) is 0 Å². The number of carbonyl (C=O) groups excluding carboxylic acids is 1. The number of hydrogen-bond acceptors (Lipinski definition) is 5. The quantitative estimate of drug-likeness (QED) is 0.654. The Balaban J connectivity index is 2.25. The Labute approximate surface area is 179 Å². The van der Waals surface area contributed by atoms with Gasteiger partial charge in [0.05, 0.1) is 32.2 Å². The maximum absolute atomic E-state index is 12.8. The summed E-state index contributed by atoms with van der Waals surface area (Å²) < 4.78 is 36.5. The van der Waals surface area contributed by atoms with E-state index in [0.717, 1.165) is 27.3 Å². The number of nitrogens with one attached hydrogen (secondary N) is 1. The van der Waals surface area contributed by atoms with Crippen molar-refractivity contribution in [1.29, 1.82) is 0 Å². The number of methoxy groups -OCH3 is 2. The molecule has 0 bridgehead atoms. The average Bonchev–Trinajstić information content (AvgIpc) is 2.68. The number of nitrogens with zero attached hydrogens (tertiary/aromatic N) is 1. The molecule has 1 unspecified atom stereocenters. The number of amides is 1. The van der Waals surface area contributed by atoms with Gasteiger partial charge in [0.15, 0.2) is 11.5 Å². The number of benzene rings is 2. The van der Waals surface area contributed by atoms with Crippen LogP contribution in [0.5, 0.6) is 11.5 Å². The number of sulfonamides is 1. The Morgan fingerprint density at radius 1 is 1.03 bits per heavy atom. The highest BCUT2D eigenvalue weighted by atomic mass is 32.2. The maximum Gasteiger partial charge on any atom is 0.241 e. The van der Waals surface area contributed by atoms with Gasteiger partial charge in [-0.15, -0.1) is 0 Å². The van der Waals surface area contributed by atoms with Crippen molar-refractivity contribution in [2.24, 2.45) is 0 Å². The van der Waals surface area contributed by atoms with Crippen LogP contribution in [0, 0.1) is 13.8 Å². The summed E-state index contributed by atoms with van der Waals surface area (Å²) in [6.07, 6.45) is 1.73. The van der Waals surface area contributed by atoms with Crippen molar-refractivity contribution in [2.75, 3.05) is 31.3 Å². The van der Waals surface area contributed by atoms with Crippen LogP contribution in [0.3, 0.4) is 0 Å². The minimum absolute atomic E-state index is 0.294. The molecule has 2 aromatic rings. The first-order valence-corrected chi connectivity index (χ1v) is 11.5. The third kappa shape index (κ3) is 5.89. The first-order valence-electron chi connectivity index (χ1n) is 9.66. The zero-order chi connectivity index (χ0) is 22.5. The van der Waals surface area contributed by atoms with Gasteiger partial charge in [0.1, 0.15) is 6.54 Å². The molecule has 0 radical (unpaired) electrons. The van der Waals surface area contributed by atoms with E-state index in [1.165, 1.54) is 0 Å². The highest BCUT2D eigenvalue weighted by Gasteiger charge is 2.23. The highest BCUT2D eigenvalue weighted by molar-refractivity contribution is 7.92. The molecule has 2 rings (SSSR count). The number of hydrogen-bond donors (Lipinski definition) is 1. The topological polar surface area (TPSA) is 84.9 Å². The number of anilines is 1. The van der Waals surface area contributed by atoms with E-state index in [4.69, 9.17) is 9.47 Å². The predicted molar refractivity (Wildman–Crippen MR) is 119 cm³/mol. The van der Waals surface area contributed by atoms with Crippen molar-refractivity contribution in [3.05, 3.63) is 53.1 Å². The van der Waals surface area contributed by atoms with E-state index in [1.54, 1.807) is 32.4 Å². The Morgan fingerprint density at radius 2 is 1.63 bits per heavy atom. The second kappa shape index (κ2) is 9.84. The van der Waals surface area contributed by atoms with Crippen LogP contribution in [0.2, 0.25) is 0 Å². The molecule has 2 aromatic carbocycles. The van der Waals surface area contributed by atoms with E-state index in [0.29, 0.717) is 23.6 Å². The summed E-state index contributed by atoms with van der Waals surface area (Å²) in [7, 11) is -0.528. The Hall–Kier alpha value is -2.74. The van der Waals surface area contributed by atoms with Crippen LogP contribution >= 0.6 is 0 Å². The van der Waals surface area contributed by atoms with E-state index in [9.17, 15) is 13.2 Å². The SMILES string of the molecule is CCC(NC(=O)CN(c1cc(C)cc(C)c1)S(C)(=O)=O)c1ccc(OC)c(OC)c1. The van der Waals surface area contributed by atoms with Gasteiger partial charge in [-0.05, 0) is 61.2 Å². The molecule has 0 saturated carbocycles. The van der Waals surface area contributed by atoms with Gasteiger partial charge in [-0.1, -0.05) is 19.1 Å². The van der Waals surface area contributed by atoms with Crippen LogP contribution in [0.4, 0.5) is 5.69 Å². The molecule has 1 amide bonds. The third-order valence-electron chi connectivity index (χ3n) is 4.74. The van der Waals surface area contributed by atoms with Crippen molar-refractivity contribution >= 4 is 21.6 Å². The molecule has 0 spiro atoms. The molecule has 30 heavy (non-hydrogen) atoms. The molecule has 0 aromatic heterocycles. The molecule has 0 aliphatic carbocycles. The molecule has 8 heteroatoms. The van der Waals surface area contributed by atoms with Crippen LogP contribution in [0.1, 0.15) is 36.1 Å². The fourth-order valence-corrected chi connectivity index (χ4v) is 4.20. The summed E-state index contributed by atoms with van der Waals surface area (Å²) in [5, 5.41) is 2.93. The predicted octanol–water partition coefficient (Wildman–Crippen LogP) is 3.35. The number of ether oxygens (including phenoxy) is 2. The first kappa shape index (κ1) is 23.5. The second-order valence-corrected chi connectivity index (χ2v) is 9.17. The van der Waals surface area contributed by atoms with Crippen molar-refractivity contribution in [3.63, 3.8) is 0 Å². The summed E-state index contributed by atoms with van der Waals surface area (Å²) in [4.78, 5) is 12.8. The van der Waals surface area contributed by atoms with Crippen molar-refractivity contribution in [1.82, 2.24) is 5.32 Å². The summed E-state index contributed by atoms with van der Waals surface area (Å²) in [6, 6.07) is 10.6. The van der Waals surface area contributed by atoms with Crippen molar-refractivity contribution in [3.8, 4) is 11.5 Å². The van der Waals surface area contributed by atoms with Gasteiger partial charge < -0.3 is 14.8 Å². The minimum atomic E-state index is -3.64. The van der Waals surface area contributed by atoms with Gasteiger partial charge in [-0.2, -0.15) is 0 Å². The number of carbonyl (C=O) groups is 1. The minimum Gasteiger partial charge on any atom is -0.493 e.